The number of phenolic OH excluding ortho intramolecular Hbond substituents is 2. The molecule has 0 aliphatic rings. The minimum absolute atomic E-state index is 0. The molecule has 0 aliphatic heterocycles. The molecular weight excluding hydrogens is 864 g/mol. The first-order valence-corrected chi connectivity index (χ1v) is 22.7. The van der Waals surface area contributed by atoms with Crippen LogP contribution in [-0.4, -0.2) is 32.9 Å². The van der Waals surface area contributed by atoms with Crippen LogP contribution in [0, 0.1) is 20.8 Å². The summed E-state index contributed by atoms with van der Waals surface area (Å²) in [6.45, 7) is 37.2. The molecule has 0 unspecified atom stereocenters. The summed E-state index contributed by atoms with van der Waals surface area (Å²) in [4.78, 5) is 0. The Morgan fingerprint density at radius 3 is 0.984 bits per heavy atom. The first-order valence-electron chi connectivity index (χ1n) is 22.7. The maximum atomic E-state index is 12.0. The zero-order valence-electron chi connectivity index (χ0n) is 41.5. The maximum Gasteiger partial charge on any atom is 0.262 e. The Morgan fingerprint density at radius 1 is 0.406 bits per heavy atom. The van der Waals surface area contributed by atoms with Crippen molar-refractivity contribution in [1.29, 1.82) is 0 Å². The van der Waals surface area contributed by atoms with Gasteiger partial charge in [0.05, 0.1) is 11.1 Å². The number of phenols is 2. The molecule has 0 bridgehead atoms. The number of aliphatic hydroxyl groups is 2. The molecule has 0 aliphatic carbocycles. The molecule has 0 saturated heterocycles. The van der Waals surface area contributed by atoms with Crippen molar-refractivity contribution >= 4 is 0 Å². The van der Waals surface area contributed by atoms with E-state index in [2.05, 4.69) is 177 Å². The SMILES string of the molecule is Cc1cc(-c2cc(C(C)(C)C)cc(C(C)(C)C)c2)c(O)c(-c2ccccc2[OH+]CCC[OH+]c2ccccc2-c2cc(C)cc(-c3cc(C(C)(C)C)cc(C(C)(C)C)c3)c2O)c1.[CH2-]C.[Zr]. The van der Waals surface area contributed by atoms with Crippen molar-refractivity contribution < 1.29 is 45.9 Å². The van der Waals surface area contributed by atoms with E-state index in [4.69, 9.17) is 9.47 Å². The van der Waals surface area contributed by atoms with E-state index in [-0.39, 0.29) is 59.4 Å². The molecule has 6 aromatic rings. The molecule has 4 N–H and O–H groups in total. The Labute approximate surface area is 405 Å². The molecule has 6 aromatic carbocycles. The van der Waals surface area contributed by atoms with Gasteiger partial charge in [0.15, 0.2) is 13.2 Å². The summed E-state index contributed by atoms with van der Waals surface area (Å²) in [6.07, 6.45) is 0.739. The largest absolute Gasteiger partial charge is 0.582 e. The van der Waals surface area contributed by atoms with Gasteiger partial charge in [-0.25, -0.2) is 0 Å². The first kappa shape index (κ1) is 52.0. The number of aryl methyl sites for hydroxylation is 2. The van der Waals surface area contributed by atoms with Crippen molar-refractivity contribution in [3.63, 3.8) is 0 Å². The molecule has 0 amide bonds. The van der Waals surface area contributed by atoms with Crippen LogP contribution in [0.2, 0.25) is 0 Å². The molecule has 0 atom stereocenters. The maximum absolute atomic E-state index is 12.0. The van der Waals surface area contributed by atoms with E-state index in [1.165, 1.54) is 22.3 Å². The molecule has 0 fully saturated rings. The van der Waals surface area contributed by atoms with Crippen LogP contribution in [0.1, 0.15) is 130 Å². The van der Waals surface area contributed by atoms with Crippen molar-refractivity contribution in [2.24, 2.45) is 0 Å². The Hall–Kier alpha value is -4.60. The number of hydrogen-bond donors (Lipinski definition) is 2. The zero-order valence-corrected chi connectivity index (χ0v) is 44.0. The number of ether oxygens (including phenoxy) is 2. The molecule has 5 heteroatoms. The minimum atomic E-state index is -0.0418. The molecule has 0 aromatic heterocycles. The van der Waals surface area contributed by atoms with Crippen LogP contribution in [0.25, 0.3) is 44.5 Å². The molecular formula is C59H75O4Zr+. The van der Waals surface area contributed by atoms with E-state index in [0.29, 0.717) is 13.2 Å². The number of para-hydroxylation sites is 2. The molecule has 4 nitrogen and oxygen atoms in total. The van der Waals surface area contributed by atoms with Gasteiger partial charge in [-0.05, 0) is 116 Å². The molecule has 6 rings (SSSR count). The van der Waals surface area contributed by atoms with Crippen LogP contribution >= 0.6 is 0 Å². The van der Waals surface area contributed by atoms with Crippen LogP contribution in [0.3, 0.4) is 0 Å². The third-order valence-corrected chi connectivity index (χ3v) is 11.7. The number of benzene rings is 6. The van der Waals surface area contributed by atoms with E-state index in [1.54, 1.807) is 6.92 Å². The van der Waals surface area contributed by atoms with Crippen molar-refractivity contribution in [3.05, 3.63) is 149 Å². The van der Waals surface area contributed by atoms with Gasteiger partial charge < -0.3 is 26.6 Å². The van der Waals surface area contributed by atoms with Gasteiger partial charge in [0.1, 0.15) is 17.9 Å². The van der Waals surface area contributed by atoms with Crippen LogP contribution < -0.4 is 0 Å². The summed E-state index contributed by atoms with van der Waals surface area (Å²) < 4.78 is 10.1. The van der Waals surface area contributed by atoms with E-state index in [1.807, 2.05) is 36.4 Å². The average Bonchev–Trinajstić information content (AvgIpc) is 3.21. The summed E-state index contributed by atoms with van der Waals surface area (Å²) >= 11 is 0. The van der Waals surface area contributed by atoms with E-state index < -0.39 is 0 Å². The fourth-order valence-corrected chi connectivity index (χ4v) is 7.85. The predicted octanol–water partition coefficient (Wildman–Crippen LogP) is 16.0. The van der Waals surface area contributed by atoms with Crippen molar-refractivity contribution in [3.8, 4) is 67.5 Å². The summed E-state index contributed by atoms with van der Waals surface area (Å²) in [5.74, 6) is 2.22. The topological polar surface area (TPSA) is 66.1 Å². The number of rotatable bonds is 10. The minimum Gasteiger partial charge on any atom is -0.582 e. The van der Waals surface area contributed by atoms with Crippen LogP contribution in [0.15, 0.2) is 109 Å². The van der Waals surface area contributed by atoms with Crippen molar-refractivity contribution in [2.75, 3.05) is 13.2 Å². The van der Waals surface area contributed by atoms with E-state index in [9.17, 15) is 10.2 Å². The second kappa shape index (κ2) is 20.7. The van der Waals surface area contributed by atoms with Gasteiger partial charge in [-0.1, -0.05) is 144 Å². The second-order valence-corrected chi connectivity index (χ2v) is 21.2. The second-order valence-electron chi connectivity index (χ2n) is 21.2. The predicted molar refractivity (Wildman–Crippen MR) is 271 cm³/mol. The van der Waals surface area contributed by atoms with Crippen molar-refractivity contribution in [1.82, 2.24) is 0 Å². The van der Waals surface area contributed by atoms with Gasteiger partial charge in [-0.2, -0.15) is 6.92 Å². The van der Waals surface area contributed by atoms with E-state index >= 15 is 0 Å². The molecule has 0 heterocycles. The van der Waals surface area contributed by atoms with Gasteiger partial charge in [0.2, 0.25) is 0 Å². The summed E-state index contributed by atoms with van der Waals surface area (Å²) in [6, 6.07) is 38.1. The summed E-state index contributed by atoms with van der Waals surface area (Å²) in [7, 11) is 0. The Bertz CT molecular complexity index is 2300. The van der Waals surface area contributed by atoms with E-state index in [0.717, 1.165) is 73.6 Å². The van der Waals surface area contributed by atoms with Gasteiger partial charge in [-0.3, -0.25) is 0 Å². The van der Waals surface area contributed by atoms with Gasteiger partial charge in [-0.15, -0.1) is 0 Å². The summed E-state index contributed by atoms with van der Waals surface area (Å²) in [5, 5.41) is 24.0. The zero-order chi connectivity index (χ0) is 46.7. The normalized spacial score (nSPS) is 11.9. The standard InChI is InChI=1S/C57H68O4.C2H5.Zr/c1-36-26-46(38-30-40(54(3,4)5)34-41(31-38)55(6,7)8)52(58)48(28-36)44-20-15-17-22-50(44)60-24-19-25-61-51-23-18-16-21-45(51)49-29-37(2)27-47(53(49)59)39-32-42(56(9,10)11)35-43(33-39)57(12,13)14;1-2;/h15-18,20-23,26-35,58-59H,19,24-25H2,1-14H3;1H2,2H3;/q;-1;/p+2. The number of aromatic hydroxyl groups is 4. The Balaban J connectivity index is 0.00000295. The molecule has 0 radical (unpaired) electrons. The Kier molecular flexibility index (Phi) is 16.8. The quantitative estimate of drug-likeness (QED) is 0.0816. The molecule has 0 spiro atoms. The fraction of sp³-hybridized carbons (Fsp3) is 0.373. The monoisotopic (exact) mass is 937 g/mol. The average molecular weight is 939 g/mol. The fourth-order valence-electron chi connectivity index (χ4n) is 7.85. The van der Waals surface area contributed by atoms with Gasteiger partial charge in [0.25, 0.3) is 11.5 Å². The number of hydrogen-bond acceptors (Lipinski definition) is 2. The van der Waals surface area contributed by atoms with Crippen LogP contribution in [0.4, 0.5) is 0 Å². The molecule has 64 heavy (non-hydrogen) atoms. The smallest absolute Gasteiger partial charge is 0.262 e. The summed E-state index contributed by atoms with van der Waals surface area (Å²) in [5.41, 5.74) is 14.1. The molecule has 0 saturated carbocycles. The van der Waals surface area contributed by atoms with Crippen LogP contribution in [-0.2, 0) is 47.9 Å². The van der Waals surface area contributed by atoms with Crippen LogP contribution in [0.5, 0.6) is 23.0 Å². The molecule has 338 valence electrons. The van der Waals surface area contributed by atoms with Gasteiger partial charge in [0, 0.05) is 60.6 Å². The van der Waals surface area contributed by atoms with Crippen molar-refractivity contribution in [2.45, 2.75) is 132 Å². The first-order chi connectivity index (χ1) is 29.4. The Morgan fingerprint density at radius 2 is 0.688 bits per heavy atom. The third-order valence-electron chi connectivity index (χ3n) is 11.7. The third kappa shape index (κ3) is 12.4. The van der Waals surface area contributed by atoms with Gasteiger partial charge >= 0.3 is 0 Å².